The Labute approximate surface area is 201 Å². The molecule has 0 unspecified atom stereocenters. The van der Waals surface area contributed by atoms with E-state index in [1.165, 1.54) is 17.7 Å². The zero-order chi connectivity index (χ0) is 21.4. The molecule has 0 spiro atoms. The summed E-state index contributed by atoms with van der Waals surface area (Å²) < 4.78 is 24.8. The summed E-state index contributed by atoms with van der Waals surface area (Å²) in [4.78, 5) is 4.38. The van der Waals surface area contributed by atoms with Crippen LogP contribution in [-0.4, -0.2) is 39.4 Å². The predicted molar refractivity (Wildman–Crippen MR) is 134 cm³/mol. The van der Waals surface area contributed by atoms with Crippen molar-refractivity contribution in [1.82, 2.24) is 10.6 Å². The largest absolute Gasteiger partial charge is 0.494 e. The highest BCUT2D eigenvalue weighted by Crippen LogP contribution is 2.34. The third-order valence-electron chi connectivity index (χ3n) is 5.69. The van der Waals surface area contributed by atoms with Crippen LogP contribution in [0.15, 0.2) is 47.5 Å². The van der Waals surface area contributed by atoms with Crippen LogP contribution in [0.1, 0.15) is 36.5 Å². The molecule has 5 nitrogen and oxygen atoms in total. The van der Waals surface area contributed by atoms with E-state index >= 15 is 0 Å². The lowest BCUT2D eigenvalue weighted by atomic mass is 9.74. The summed E-state index contributed by atoms with van der Waals surface area (Å²) in [6.45, 7) is 7.39. The molecule has 0 atom stereocenters. The standard InChI is InChI=1S/C24H32FN3O2.HI/c1-4-30-22-15-18(2)5-6-19(22)16-27-23(26-3)28-17-24(11-13-29-14-12-24)20-7-9-21(25)10-8-20;/h5-10,15H,4,11-14,16-17H2,1-3H3,(H2,26,27,28);1H. The van der Waals surface area contributed by atoms with Crippen LogP contribution in [0.5, 0.6) is 5.75 Å². The minimum Gasteiger partial charge on any atom is -0.494 e. The second-order valence-corrected chi connectivity index (χ2v) is 7.72. The molecular formula is C24H33FIN3O2. The first-order chi connectivity index (χ1) is 14.6. The highest BCUT2D eigenvalue weighted by molar-refractivity contribution is 14.0. The Balaban J connectivity index is 0.00000341. The molecule has 0 bridgehead atoms. The van der Waals surface area contributed by atoms with E-state index in [0.717, 1.165) is 35.7 Å². The Bertz CT molecular complexity index is 852. The number of guanidine groups is 1. The lowest BCUT2D eigenvalue weighted by Crippen LogP contribution is -2.47. The molecule has 1 aliphatic heterocycles. The predicted octanol–water partition coefficient (Wildman–Crippen LogP) is 4.56. The van der Waals surface area contributed by atoms with Crippen LogP contribution < -0.4 is 15.4 Å². The molecule has 2 N–H and O–H groups in total. The van der Waals surface area contributed by atoms with Crippen LogP contribution in [0.3, 0.4) is 0 Å². The highest BCUT2D eigenvalue weighted by Gasteiger charge is 2.34. The average molecular weight is 541 g/mol. The van der Waals surface area contributed by atoms with Gasteiger partial charge in [0.2, 0.25) is 0 Å². The van der Waals surface area contributed by atoms with E-state index in [0.29, 0.717) is 32.9 Å². The fourth-order valence-corrected chi connectivity index (χ4v) is 3.88. The van der Waals surface area contributed by atoms with Gasteiger partial charge in [-0.1, -0.05) is 24.3 Å². The van der Waals surface area contributed by atoms with Crippen molar-refractivity contribution in [3.8, 4) is 5.75 Å². The fraction of sp³-hybridized carbons (Fsp3) is 0.458. The number of nitrogens with zero attached hydrogens (tertiary/aromatic N) is 1. The number of benzene rings is 2. The molecule has 1 fully saturated rings. The Hall–Kier alpha value is -1.87. The van der Waals surface area contributed by atoms with Crippen molar-refractivity contribution < 1.29 is 13.9 Å². The summed E-state index contributed by atoms with van der Waals surface area (Å²) in [6, 6.07) is 13.1. The fourth-order valence-electron chi connectivity index (χ4n) is 3.88. The van der Waals surface area contributed by atoms with Gasteiger partial charge in [0.1, 0.15) is 11.6 Å². The molecule has 0 amide bonds. The number of aliphatic imine (C=N–C) groups is 1. The summed E-state index contributed by atoms with van der Waals surface area (Å²) in [5.74, 6) is 1.41. The minimum atomic E-state index is -0.213. The van der Waals surface area contributed by atoms with E-state index in [2.05, 4.69) is 40.7 Å². The number of aryl methyl sites for hydroxylation is 1. The normalized spacial score (nSPS) is 15.7. The second kappa shape index (κ2) is 12.2. The van der Waals surface area contributed by atoms with Gasteiger partial charge in [-0.2, -0.15) is 0 Å². The Kier molecular flexibility index (Phi) is 10.0. The van der Waals surface area contributed by atoms with E-state index in [1.54, 1.807) is 7.05 Å². The van der Waals surface area contributed by atoms with Crippen LogP contribution in [-0.2, 0) is 16.7 Å². The third kappa shape index (κ3) is 6.80. The second-order valence-electron chi connectivity index (χ2n) is 7.72. The van der Waals surface area contributed by atoms with Crippen molar-refractivity contribution in [2.24, 2.45) is 4.99 Å². The SMILES string of the molecule is CCOc1cc(C)ccc1CNC(=NC)NCC1(c2ccc(F)cc2)CCOCC1.I. The van der Waals surface area contributed by atoms with Gasteiger partial charge in [-0.05, 0) is 56.0 Å². The Morgan fingerprint density at radius 1 is 1.13 bits per heavy atom. The van der Waals surface area contributed by atoms with Crippen LogP contribution in [0.4, 0.5) is 4.39 Å². The minimum absolute atomic E-state index is 0. The smallest absolute Gasteiger partial charge is 0.191 e. The molecule has 2 aromatic rings. The first kappa shape index (κ1) is 25.4. The highest BCUT2D eigenvalue weighted by atomic mass is 127. The van der Waals surface area contributed by atoms with Crippen molar-refractivity contribution in [1.29, 1.82) is 0 Å². The molecule has 170 valence electrons. The maximum absolute atomic E-state index is 13.4. The lowest BCUT2D eigenvalue weighted by molar-refractivity contribution is 0.0513. The maximum atomic E-state index is 13.4. The van der Waals surface area contributed by atoms with E-state index in [1.807, 2.05) is 19.1 Å². The van der Waals surface area contributed by atoms with Gasteiger partial charge in [0.25, 0.3) is 0 Å². The Morgan fingerprint density at radius 2 is 1.84 bits per heavy atom. The van der Waals surface area contributed by atoms with Gasteiger partial charge >= 0.3 is 0 Å². The quantitative estimate of drug-likeness (QED) is 0.307. The van der Waals surface area contributed by atoms with E-state index in [9.17, 15) is 4.39 Å². The van der Waals surface area contributed by atoms with Crippen LogP contribution in [0.2, 0.25) is 0 Å². The van der Waals surface area contributed by atoms with Gasteiger partial charge in [0.15, 0.2) is 5.96 Å². The van der Waals surface area contributed by atoms with Gasteiger partial charge in [-0.3, -0.25) is 4.99 Å². The van der Waals surface area contributed by atoms with Crippen molar-refractivity contribution in [3.05, 3.63) is 65.0 Å². The van der Waals surface area contributed by atoms with Gasteiger partial charge < -0.3 is 20.1 Å². The number of ether oxygens (including phenoxy) is 2. The van der Waals surface area contributed by atoms with E-state index < -0.39 is 0 Å². The van der Waals surface area contributed by atoms with Crippen LogP contribution in [0, 0.1) is 12.7 Å². The van der Waals surface area contributed by atoms with Crippen LogP contribution >= 0.6 is 24.0 Å². The molecule has 0 radical (unpaired) electrons. The number of rotatable bonds is 7. The molecule has 3 rings (SSSR count). The number of halogens is 2. The maximum Gasteiger partial charge on any atom is 0.191 e. The molecule has 0 aliphatic carbocycles. The first-order valence-corrected chi connectivity index (χ1v) is 10.6. The topological polar surface area (TPSA) is 54.9 Å². The molecule has 7 heteroatoms. The number of hydrogen-bond donors (Lipinski definition) is 2. The van der Waals surface area contributed by atoms with Gasteiger partial charge in [-0.25, -0.2) is 4.39 Å². The molecule has 1 saturated heterocycles. The summed E-state index contributed by atoms with van der Waals surface area (Å²) in [7, 11) is 1.77. The molecule has 1 heterocycles. The zero-order valence-electron chi connectivity index (χ0n) is 18.5. The van der Waals surface area contributed by atoms with Gasteiger partial charge in [0.05, 0.1) is 6.61 Å². The monoisotopic (exact) mass is 541 g/mol. The van der Waals surface area contributed by atoms with Crippen molar-refractivity contribution >= 4 is 29.9 Å². The summed E-state index contributed by atoms with van der Waals surface area (Å²) in [5, 5.41) is 6.86. The van der Waals surface area contributed by atoms with Gasteiger partial charge in [-0.15, -0.1) is 24.0 Å². The van der Waals surface area contributed by atoms with E-state index in [-0.39, 0.29) is 35.2 Å². The van der Waals surface area contributed by atoms with Crippen LogP contribution in [0.25, 0.3) is 0 Å². The zero-order valence-corrected chi connectivity index (χ0v) is 20.9. The first-order valence-electron chi connectivity index (χ1n) is 10.6. The molecule has 1 aliphatic rings. The molecule has 31 heavy (non-hydrogen) atoms. The molecule has 2 aromatic carbocycles. The molecule has 0 saturated carbocycles. The average Bonchev–Trinajstić information content (AvgIpc) is 2.76. The van der Waals surface area contributed by atoms with Crippen molar-refractivity contribution in [2.45, 2.75) is 38.6 Å². The number of hydrogen-bond acceptors (Lipinski definition) is 3. The van der Waals surface area contributed by atoms with E-state index in [4.69, 9.17) is 9.47 Å². The molecular weight excluding hydrogens is 508 g/mol. The van der Waals surface area contributed by atoms with Gasteiger partial charge in [0, 0.05) is 44.3 Å². The Morgan fingerprint density at radius 3 is 2.48 bits per heavy atom. The number of nitrogens with one attached hydrogen (secondary N) is 2. The molecule has 0 aromatic heterocycles. The van der Waals surface area contributed by atoms with Crippen molar-refractivity contribution in [2.75, 3.05) is 33.4 Å². The summed E-state index contributed by atoms with van der Waals surface area (Å²) >= 11 is 0. The summed E-state index contributed by atoms with van der Waals surface area (Å²) in [6.07, 6.45) is 1.77. The lowest BCUT2D eigenvalue weighted by Gasteiger charge is -2.38. The third-order valence-corrected chi connectivity index (χ3v) is 5.69. The summed E-state index contributed by atoms with van der Waals surface area (Å²) in [5.41, 5.74) is 3.28. The van der Waals surface area contributed by atoms with Crippen molar-refractivity contribution in [3.63, 3.8) is 0 Å².